The minimum absolute atomic E-state index is 0.0268. The molecule has 2 aromatic carbocycles. The van der Waals surface area contributed by atoms with Crippen molar-refractivity contribution in [1.29, 1.82) is 0 Å². The van der Waals surface area contributed by atoms with Crippen LogP contribution in [-0.4, -0.2) is 74.7 Å². The van der Waals surface area contributed by atoms with Crippen molar-refractivity contribution in [2.24, 2.45) is 0 Å². The Morgan fingerprint density at radius 2 is 0.952 bits per heavy atom. The molecular weight excluding hydrogens is 573 g/mol. The van der Waals surface area contributed by atoms with E-state index < -0.39 is 20.0 Å². The van der Waals surface area contributed by atoms with Gasteiger partial charge in [-0.05, 0) is 62.4 Å². The Kier molecular flexibility index (Phi) is 8.88. The molecule has 0 radical (unpaired) electrons. The predicted octanol–water partition coefficient (Wildman–Crippen LogP) is 3.98. The van der Waals surface area contributed by atoms with E-state index >= 15 is 0 Å². The highest BCUT2D eigenvalue weighted by atomic mass is 32.2. The van der Waals surface area contributed by atoms with Crippen LogP contribution < -0.4 is 10.6 Å². The van der Waals surface area contributed by atoms with Crippen LogP contribution in [0.15, 0.2) is 95.0 Å². The summed E-state index contributed by atoms with van der Waals surface area (Å²) >= 11 is 0. The maximum absolute atomic E-state index is 13.8. The number of hydrogen-bond donors (Lipinski definition) is 2. The van der Waals surface area contributed by atoms with E-state index in [4.69, 9.17) is 0 Å². The molecule has 0 spiro atoms. The fraction of sp³-hybridized carbons (Fsp3) is 0.267. The molecule has 0 saturated carbocycles. The minimum Gasteiger partial charge on any atom is -0.382 e. The molecule has 1 aliphatic rings. The highest BCUT2D eigenvalue weighted by Gasteiger charge is 2.29. The van der Waals surface area contributed by atoms with Crippen LogP contribution in [0.2, 0.25) is 0 Å². The Balaban J connectivity index is 1.54. The molecule has 220 valence electrons. The third kappa shape index (κ3) is 6.46. The molecule has 12 heteroatoms. The highest BCUT2D eigenvalue weighted by Crippen LogP contribution is 2.30. The summed E-state index contributed by atoms with van der Waals surface area (Å²) in [4.78, 5) is 9.42. The number of rotatable bonds is 4. The van der Waals surface area contributed by atoms with Crippen LogP contribution in [0.1, 0.15) is 11.1 Å². The van der Waals surface area contributed by atoms with E-state index in [9.17, 15) is 16.8 Å². The van der Waals surface area contributed by atoms with Crippen LogP contribution >= 0.6 is 0 Å². The zero-order chi connectivity index (χ0) is 29.7. The summed E-state index contributed by atoms with van der Waals surface area (Å²) in [5.74, 6) is 0. The van der Waals surface area contributed by atoms with E-state index in [1.165, 1.54) is 8.61 Å². The molecule has 1 aliphatic heterocycles. The van der Waals surface area contributed by atoms with Gasteiger partial charge in [-0.2, -0.15) is 8.61 Å². The van der Waals surface area contributed by atoms with Gasteiger partial charge in [0.1, 0.15) is 11.4 Å². The van der Waals surface area contributed by atoms with Crippen molar-refractivity contribution in [3.8, 4) is 11.4 Å². The summed E-state index contributed by atoms with van der Waals surface area (Å²) in [6.45, 7) is 4.48. The van der Waals surface area contributed by atoms with E-state index in [1.807, 2.05) is 26.0 Å². The minimum atomic E-state index is -3.92. The van der Waals surface area contributed by atoms with Crippen molar-refractivity contribution in [3.63, 3.8) is 0 Å². The van der Waals surface area contributed by atoms with Crippen LogP contribution in [0.5, 0.6) is 0 Å². The third-order valence-electron chi connectivity index (χ3n) is 7.11. The lowest BCUT2D eigenvalue weighted by molar-refractivity contribution is 0.354. The Labute approximate surface area is 247 Å². The van der Waals surface area contributed by atoms with Crippen LogP contribution in [0.4, 0.5) is 11.4 Å². The van der Waals surface area contributed by atoms with Gasteiger partial charge in [-0.25, -0.2) is 16.8 Å². The van der Waals surface area contributed by atoms with E-state index in [1.54, 1.807) is 73.1 Å². The number of aromatic nitrogens is 2. The van der Waals surface area contributed by atoms with Crippen LogP contribution in [0.25, 0.3) is 11.4 Å². The SMILES string of the molecule is Cc1ccc(S(=O)(=O)N2CCNc3cccnc3-c3ncccc3NCCN(S(=O)(=O)c3ccc(C)cc3)CC2)cc1. The molecule has 10 nitrogen and oxygen atoms in total. The summed E-state index contributed by atoms with van der Waals surface area (Å²) in [7, 11) is -7.84. The molecule has 2 aromatic heterocycles. The molecular formula is C30H34N6O4S2. The Bertz CT molecular complexity index is 1610. The first kappa shape index (κ1) is 29.6. The molecule has 0 saturated heterocycles. The van der Waals surface area contributed by atoms with Crippen molar-refractivity contribution in [3.05, 3.63) is 96.3 Å². The van der Waals surface area contributed by atoms with Crippen molar-refractivity contribution < 1.29 is 16.8 Å². The van der Waals surface area contributed by atoms with E-state index in [2.05, 4.69) is 20.6 Å². The molecule has 42 heavy (non-hydrogen) atoms. The number of pyridine rings is 2. The largest absolute Gasteiger partial charge is 0.382 e. The summed E-state index contributed by atoms with van der Waals surface area (Å²) in [5, 5.41) is 6.65. The molecule has 0 atom stereocenters. The molecule has 0 fully saturated rings. The van der Waals surface area contributed by atoms with Gasteiger partial charge in [0.25, 0.3) is 0 Å². The van der Waals surface area contributed by atoms with Crippen LogP contribution in [0.3, 0.4) is 0 Å². The number of nitrogens with zero attached hydrogens (tertiary/aromatic N) is 4. The fourth-order valence-corrected chi connectivity index (χ4v) is 7.61. The monoisotopic (exact) mass is 606 g/mol. The molecule has 2 N–H and O–H groups in total. The predicted molar refractivity (Wildman–Crippen MR) is 164 cm³/mol. The highest BCUT2D eigenvalue weighted by molar-refractivity contribution is 7.89. The molecule has 0 aliphatic carbocycles. The van der Waals surface area contributed by atoms with Gasteiger partial charge in [0.2, 0.25) is 20.0 Å². The van der Waals surface area contributed by atoms with Gasteiger partial charge in [-0.15, -0.1) is 0 Å². The lowest BCUT2D eigenvalue weighted by atomic mass is 10.1. The zero-order valence-electron chi connectivity index (χ0n) is 23.6. The summed E-state index contributed by atoms with van der Waals surface area (Å²) in [5.41, 5.74) is 4.53. The second kappa shape index (κ2) is 12.6. The normalized spacial score (nSPS) is 15.9. The van der Waals surface area contributed by atoms with Crippen LogP contribution in [0, 0.1) is 13.8 Å². The summed E-state index contributed by atoms with van der Waals surface area (Å²) in [6, 6.07) is 20.7. The topological polar surface area (TPSA) is 125 Å². The maximum atomic E-state index is 13.8. The second-order valence-electron chi connectivity index (χ2n) is 10.1. The van der Waals surface area contributed by atoms with E-state index in [0.717, 1.165) is 11.1 Å². The van der Waals surface area contributed by atoms with Crippen LogP contribution in [-0.2, 0) is 20.0 Å². The maximum Gasteiger partial charge on any atom is 0.243 e. The second-order valence-corrected chi connectivity index (χ2v) is 14.0. The number of hydrogen-bond acceptors (Lipinski definition) is 8. The average Bonchev–Trinajstić information content (AvgIpc) is 2.98. The van der Waals surface area contributed by atoms with E-state index in [0.29, 0.717) is 22.8 Å². The van der Waals surface area contributed by atoms with Gasteiger partial charge in [-0.3, -0.25) is 9.97 Å². The smallest absolute Gasteiger partial charge is 0.243 e. The van der Waals surface area contributed by atoms with Crippen molar-refractivity contribution in [1.82, 2.24) is 18.6 Å². The Morgan fingerprint density at radius 1 is 0.571 bits per heavy atom. The zero-order valence-corrected chi connectivity index (χ0v) is 25.2. The molecule has 4 aromatic rings. The standard InChI is InChI=1S/C30H34N6O4S2/c1-23-7-11-25(12-8-23)41(37,38)35-19-17-31-27-5-3-15-33-29(27)30-28(6-4-16-34-30)32-18-20-36(22-21-35)42(39,40)26-13-9-24(2)10-14-26/h3-16,31-32H,17-22H2,1-2H3. The number of benzene rings is 2. The average molecular weight is 607 g/mol. The summed E-state index contributed by atoms with van der Waals surface area (Å²) < 4.78 is 57.9. The van der Waals surface area contributed by atoms with Crippen molar-refractivity contribution in [2.75, 3.05) is 49.9 Å². The van der Waals surface area contributed by atoms with Gasteiger partial charge in [0.15, 0.2) is 0 Å². The van der Waals surface area contributed by atoms with Gasteiger partial charge in [0, 0.05) is 51.7 Å². The number of fused-ring (bicyclic) bond motifs is 3. The number of nitrogens with one attached hydrogen (secondary N) is 2. The van der Waals surface area contributed by atoms with E-state index in [-0.39, 0.29) is 49.1 Å². The van der Waals surface area contributed by atoms with Crippen molar-refractivity contribution >= 4 is 31.4 Å². The van der Waals surface area contributed by atoms with Gasteiger partial charge >= 0.3 is 0 Å². The Morgan fingerprint density at radius 3 is 1.33 bits per heavy atom. The first-order valence-corrected chi connectivity index (χ1v) is 16.6. The first-order chi connectivity index (χ1) is 20.2. The lowest BCUT2D eigenvalue weighted by Crippen LogP contribution is -2.44. The lowest BCUT2D eigenvalue weighted by Gasteiger charge is -2.28. The van der Waals surface area contributed by atoms with Gasteiger partial charge < -0.3 is 10.6 Å². The molecule has 3 heterocycles. The number of anilines is 2. The molecule has 0 amide bonds. The molecule has 5 rings (SSSR count). The quantitative estimate of drug-likeness (QED) is 0.358. The summed E-state index contributed by atoms with van der Waals surface area (Å²) in [6.07, 6.45) is 3.35. The number of sulfonamides is 2. The Hall–Kier alpha value is -3.84. The molecule has 0 bridgehead atoms. The van der Waals surface area contributed by atoms with Crippen molar-refractivity contribution in [2.45, 2.75) is 23.6 Å². The van der Waals surface area contributed by atoms with Gasteiger partial charge in [-0.1, -0.05) is 35.4 Å². The third-order valence-corrected chi connectivity index (χ3v) is 10.9. The fourth-order valence-electron chi connectivity index (χ4n) is 4.75. The number of aryl methyl sites for hydroxylation is 2. The first-order valence-electron chi connectivity index (χ1n) is 13.7. The van der Waals surface area contributed by atoms with Gasteiger partial charge in [0.05, 0.1) is 21.2 Å². The molecule has 0 unspecified atom stereocenters.